The molecule has 0 aromatic heterocycles. The number of ether oxygens (including phenoxy) is 2. The van der Waals surface area contributed by atoms with Crippen LogP contribution in [0.5, 0.6) is 0 Å². The van der Waals surface area contributed by atoms with Crippen molar-refractivity contribution in [3.05, 3.63) is 12.2 Å². The van der Waals surface area contributed by atoms with Gasteiger partial charge in [-0.05, 0) is 25.7 Å². The van der Waals surface area contributed by atoms with Gasteiger partial charge in [-0.2, -0.15) is 0 Å². The van der Waals surface area contributed by atoms with Gasteiger partial charge in [0.15, 0.2) is 5.92 Å². The maximum Gasteiger partial charge on any atom is 0.323 e. The monoisotopic (exact) mass is 254 g/mol. The van der Waals surface area contributed by atoms with Crippen molar-refractivity contribution in [3.8, 4) is 0 Å². The summed E-state index contributed by atoms with van der Waals surface area (Å²) in [6, 6.07) is 0. The number of carbonyl (C=O) groups excluding carboxylic acids is 2. The van der Waals surface area contributed by atoms with E-state index in [2.05, 4.69) is 19.1 Å². The van der Waals surface area contributed by atoms with Crippen LogP contribution in [0.2, 0.25) is 0 Å². The van der Waals surface area contributed by atoms with Gasteiger partial charge < -0.3 is 9.47 Å². The van der Waals surface area contributed by atoms with Gasteiger partial charge in [0.2, 0.25) is 0 Å². The van der Waals surface area contributed by atoms with Crippen LogP contribution in [0.25, 0.3) is 0 Å². The first-order valence-electron chi connectivity index (χ1n) is 6.57. The van der Waals surface area contributed by atoms with Crippen LogP contribution >= 0.6 is 0 Å². The van der Waals surface area contributed by atoms with E-state index in [4.69, 9.17) is 9.47 Å². The molecule has 0 saturated carbocycles. The molecule has 1 saturated heterocycles. The summed E-state index contributed by atoms with van der Waals surface area (Å²) in [7, 11) is 0. The molecule has 0 aliphatic carbocycles. The number of cyclic esters (lactones) is 2. The van der Waals surface area contributed by atoms with Crippen LogP contribution < -0.4 is 0 Å². The van der Waals surface area contributed by atoms with Gasteiger partial charge in [-0.3, -0.25) is 9.59 Å². The highest BCUT2D eigenvalue weighted by Crippen LogP contribution is 2.26. The van der Waals surface area contributed by atoms with E-state index < -0.39 is 23.6 Å². The van der Waals surface area contributed by atoms with Gasteiger partial charge in [0.25, 0.3) is 5.79 Å². The van der Waals surface area contributed by atoms with Gasteiger partial charge in [0, 0.05) is 13.8 Å². The molecule has 0 N–H and O–H groups in total. The van der Waals surface area contributed by atoms with Crippen molar-refractivity contribution in [2.45, 2.75) is 58.7 Å². The molecular formula is C14H22O4. The molecular weight excluding hydrogens is 232 g/mol. The van der Waals surface area contributed by atoms with E-state index in [1.165, 1.54) is 0 Å². The summed E-state index contributed by atoms with van der Waals surface area (Å²) in [5.41, 5.74) is 0. The lowest BCUT2D eigenvalue weighted by molar-refractivity contribution is -0.240. The fourth-order valence-corrected chi connectivity index (χ4v) is 1.87. The molecule has 0 unspecified atom stereocenters. The normalized spacial score (nSPS) is 19.9. The molecule has 1 aliphatic rings. The zero-order valence-electron chi connectivity index (χ0n) is 11.4. The van der Waals surface area contributed by atoms with Gasteiger partial charge in [-0.15, -0.1) is 0 Å². The van der Waals surface area contributed by atoms with Gasteiger partial charge in [0.1, 0.15) is 0 Å². The second kappa shape index (κ2) is 6.57. The number of hydrogen-bond acceptors (Lipinski definition) is 4. The van der Waals surface area contributed by atoms with Crippen LogP contribution in [-0.2, 0) is 19.1 Å². The van der Waals surface area contributed by atoms with Crippen LogP contribution in [0.3, 0.4) is 0 Å². The molecule has 18 heavy (non-hydrogen) atoms. The lowest BCUT2D eigenvalue weighted by Crippen LogP contribution is -2.46. The number of carbonyl (C=O) groups is 2. The maximum atomic E-state index is 11.6. The highest BCUT2D eigenvalue weighted by molar-refractivity contribution is 5.96. The Hall–Kier alpha value is -1.32. The first-order chi connectivity index (χ1) is 8.46. The summed E-state index contributed by atoms with van der Waals surface area (Å²) in [5, 5.41) is 0. The zero-order chi connectivity index (χ0) is 13.6. The Morgan fingerprint density at radius 1 is 1.11 bits per heavy atom. The highest BCUT2D eigenvalue weighted by Gasteiger charge is 2.42. The fourth-order valence-electron chi connectivity index (χ4n) is 1.87. The first-order valence-corrected chi connectivity index (χ1v) is 6.57. The molecule has 102 valence electrons. The third-order valence-electron chi connectivity index (χ3n) is 2.78. The SMILES string of the molecule is CC/C=C\CCCCC1C(=O)OC(C)(C)OC1=O. The molecule has 1 rings (SSSR count). The van der Waals surface area contributed by atoms with E-state index in [-0.39, 0.29) is 0 Å². The first kappa shape index (κ1) is 14.7. The average Bonchev–Trinajstić information content (AvgIpc) is 2.24. The third-order valence-corrected chi connectivity index (χ3v) is 2.78. The summed E-state index contributed by atoms with van der Waals surface area (Å²) in [5.74, 6) is -2.77. The van der Waals surface area contributed by atoms with Gasteiger partial charge in [-0.25, -0.2) is 0 Å². The lowest BCUT2D eigenvalue weighted by Gasteiger charge is -2.32. The van der Waals surface area contributed by atoms with Gasteiger partial charge >= 0.3 is 11.9 Å². The van der Waals surface area contributed by atoms with E-state index in [1.807, 2.05) is 0 Å². The predicted octanol–water partition coefficient (Wildman–Crippen LogP) is 2.97. The topological polar surface area (TPSA) is 52.6 Å². The van der Waals surface area contributed by atoms with E-state index in [1.54, 1.807) is 13.8 Å². The summed E-state index contributed by atoms with van der Waals surface area (Å²) < 4.78 is 10.1. The maximum absolute atomic E-state index is 11.6. The minimum atomic E-state index is -1.12. The van der Waals surface area contributed by atoms with Gasteiger partial charge in [0.05, 0.1) is 0 Å². The Kier molecular flexibility index (Phi) is 5.38. The Labute approximate surface area is 108 Å². The van der Waals surface area contributed by atoms with Crippen molar-refractivity contribution in [2.24, 2.45) is 5.92 Å². The van der Waals surface area contributed by atoms with E-state index >= 15 is 0 Å². The minimum Gasteiger partial charge on any atom is -0.422 e. The van der Waals surface area contributed by atoms with Crippen molar-refractivity contribution in [1.29, 1.82) is 0 Å². The van der Waals surface area contributed by atoms with Crippen LogP contribution in [-0.4, -0.2) is 17.7 Å². The molecule has 0 aromatic rings. The smallest absolute Gasteiger partial charge is 0.323 e. The van der Waals surface area contributed by atoms with Crippen LogP contribution in [0.1, 0.15) is 52.9 Å². The quantitative estimate of drug-likeness (QED) is 0.316. The molecule has 0 bridgehead atoms. The van der Waals surface area contributed by atoms with Crippen molar-refractivity contribution < 1.29 is 19.1 Å². The van der Waals surface area contributed by atoms with Crippen LogP contribution in [0, 0.1) is 5.92 Å². The molecule has 4 heteroatoms. The standard InChI is InChI=1S/C14H22O4/c1-4-5-6-7-8-9-10-11-12(15)17-14(2,3)18-13(11)16/h5-6,11H,4,7-10H2,1-3H3/b6-5-. The number of rotatable bonds is 6. The molecule has 1 fully saturated rings. The number of hydrogen-bond donors (Lipinski definition) is 0. The summed E-state index contributed by atoms with van der Waals surface area (Å²) in [4.78, 5) is 23.3. The number of esters is 2. The largest absolute Gasteiger partial charge is 0.422 e. The molecule has 1 heterocycles. The van der Waals surface area contributed by atoms with Gasteiger partial charge in [-0.1, -0.05) is 25.5 Å². The Morgan fingerprint density at radius 2 is 1.72 bits per heavy atom. The lowest BCUT2D eigenvalue weighted by atomic mass is 10.00. The van der Waals surface area contributed by atoms with E-state index in [0.717, 1.165) is 25.7 Å². The Balaban J connectivity index is 2.32. The van der Waals surface area contributed by atoms with Crippen molar-refractivity contribution >= 4 is 11.9 Å². The molecule has 1 aliphatic heterocycles. The highest BCUT2D eigenvalue weighted by atomic mass is 16.7. The molecule has 0 atom stereocenters. The van der Waals surface area contributed by atoms with E-state index in [9.17, 15) is 9.59 Å². The van der Waals surface area contributed by atoms with Crippen molar-refractivity contribution in [1.82, 2.24) is 0 Å². The number of unbranched alkanes of at least 4 members (excludes halogenated alkanes) is 2. The molecule has 0 spiro atoms. The minimum absolute atomic E-state index is 0.458. The molecule has 0 aromatic carbocycles. The fraction of sp³-hybridized carbons (Fsp3) is 0.714. The zero-order valence-corrected chi connectivity index (χ0v) is 11.4. The molecule has 0 amide bonds. The predicted molar refractivity (Wildman–Crippen MR) is 67.7 cm³/mol. The summed E-state index contributed by atoms with van der Waals surface area (Å²) >= 11 is 0. The Bertz CT molecular complexity index is 311. The van der Waals surface area contributed by atoms with Crippen molar-refractivity contribution in [3.63, 3.8) is 0 Å². The van der Waals surface area contributed by atoms with E-state index in [0.29, 0.717) is 6.42 Å². The third kappa shape index (κ3) is 4.51. The average molecular weight is 254 g/mol. The van der Waals surface area contributed by atoms with Crippen LogP contribution in [0.15, 0.2) is 12.2 Å². The summed E-state index contributed by atoms with van der Waals surface area (Å²) in [6.07, 6.45) is 8.56. The van der Waals surface area contributed by atoms with Crippen molar-refractivity contribution in [2.75, 3.05) is 0 Å². The second-order valence-electron chi connectivity index (χ2n) is 4.96. The number of allylic oxidation sites excluding steroid dienone is 2. The molecule has 4 nitrogen and oxygen atoms in total. The summed E-state index contributed by atoms with van der Waals surface area (Å²) in [6.45, 7) is 5.22. The molecule has 0 radical (unpaired) electrons. The Morgan fingerprint density at radius 3 is 2.28 bits per heavy atom. The van der Waals surface area contributed by atoms with Crippen LogP contribution in [0.4, 0.5) is 0 Å². The second-order valence-corrected chi connectivity index (χ2v) is 4.96.